The fourth-order valence-electron chi connectivity index (χ4n) is 1.93. The highest BCUT2D eigenvalue weighted by molar-refractivity contribution is 9.10. The van der Waals surface area contributed by atoms with Crippen molar-refractivity contribution in [3.63, 3.8) is 0 Å². The van der Waals surface area contributed by atoms with E-state index in [1.54, 1.807) is 7.11 Å². The first-order valence-corrected chi connectivity index (χ1v) is 7.71. The first-order chi connectivity index (χ1) is 9.51. The molecule has 4 heteroatoms. The number of halogens is 2. The lowest BCUT2D eigenvalue weighted by atomic mass is 10.0. The number of carbonyl (C=O) groups is 1. The molecule has 2 aromatic rings. The molecule has 0 saturated heterocycles. The Morgan fingerprint density at radius 1 is 1.10 bits per heavy atom. The third-order valence-electron chi connectivity index (χ3n) is 3.03. The summed E-state index contributed by atoms with van der Waals surface area (Å²) in [7, 11) is 1.62. The number of aryl methyl sites for hydroxylation is 1. The zero-order chi connectivity index (χ0) is 14.7. The van der Waals surface area contributed by atoms with Gasteiger partial charge in [0.05, 0.1) is 7.11 Å². The Labute approximate surface area is 135 Å². The van der Waals surface area contributed by atoms with Gasteiger partial charge in [0.15, 0.2) is 5.78 Å². The second-order valence-corrected chi connectivity index (χ2v) is 6.25. The summed E-state index contributed by atoms with van der Waals surface area (Å²) in [6.45, 7) is 2.00. The predicted molar refractivity (Wildman–Crippen MR) is 87.6 cm³/mol. The van der Waals surface area contributed by atoms with Crippen LogP contribution in [0.25, 0.3) is 0 Å². The molecule has 20 heavy (non-hydrogen) atoms. The molecule has 2 rings (SSSR count). The third kappa shape index (κ3) is 3.49. The molecule has 0 aliphatic rings. The molecule has 0 unspecified atom stereocenters. The van der Waals surface area contributed by atoms with Crippen molar-refractivity contribution in [3.8, 4) is 5.75 Å². The van der Waals surface area contributed by atoms with Gasteiger partial charge in [0.1, 0.15) is 5.75 Å². The average molecular weight is 398 g/mol. The summed E-state index contributed by atoms with van der Waals surface area (Å²) in [6.07, 6.45) is 0.333. The number of Topliss-reactive ketones (excluding diaryl/α,β-unsaturated/α-hetero) is 1. The number of rotatable bonds is 4. The van der Waals surface area contributed by atoms with Crippen molar-refractivity contribution in [1.82, 2.24) is 0 Å². The van der Waals surface area contributed by atoms with Crippen LogP contribution in [-0.4, -0.2) is 12.9 Å². The van der Waals surface area contributed by atoms with E-state index in [1.807, 2.05) is 43.3 Å². The van der Waals surface area contributed by atoms with Crippen LogP contribution in [0.15, 0.2) is 45.3 Å². The van der Waals surface area contributed by atoms with Gasteiger partial charge in [-0.15, -0.1) is 0 Å². The molecule has 0 atom stereocenters. The van der Waals surface area contributed by atoms with E-state index < -0.39 is 0 Å². The molecule has 0 radical (unpaired) electrons. The minimum absolute atomic E-state index is 0.0748. The van der Waals surface area contributed by atoms with Crippen LogP contribution >= 0.6 is 31.9 Å². The number of hydrogen-bond acceptors (Lipinski definition) is 2. The van der Waals surface area contributed by atoms with Crippen LogP contribution in [0.1, 0.15) is 21.5 Å². The van der Waals surface area contributed by atoms with Crippen LogP contribution in [0.3, 0.4) is 0 Å². The van der Waals surface area contributed by atoms with Crippen LogP contribution in [0.5, 0.6) is 5.75 Å². The fourth-order valence-corrected chi connectivity index (χ4v) is 3.03. The third-order valence-corrected chi connectivity index (χ3v) is 4.46. The van der Waals surface area contributed by atoms with Gasteiger partial charge >= 0.3 is 0 Å². The lowest BCUT2D eigenvalue weighted by Crippen LogP contribution is -2.05. The molecule has 0 bridgehead atoms. The van der Waals surface area contributed by atoms with Gasteiger partial charge in [-0.2, -0.15) is 0 Å². The normalized spacial score (nSPS) is 10.4. The minimum atomic E-state index is 0.0748. The van der Waals surface area contributed by atoms with Gasteiger partial charge in [-0.3, -0.25) is 4.79 Å². The molecule has 0 aliphatic carbocycles. The number of carbonyl (C=O) groups excluding carboxylic acids is 1. The van der Waals surface area contributed by atoms with Crippen molar-refractivity contribution < 1.29 is 9.53 Å². The summed E-state index contributed by atoms with van der Waals surface area (Å²) in [5.41, 5.74) is 2.74. The lowest BCUT2D eigenvalue weighted by molar-refractivity contribution is 0.0992. The summed E-state index contributed by atoms with van der Waals surface area (Å²) in [6, 6.07) is 11.4. The largest absolute Gasteiger partial charge is 0.497 e. The van der Waals surface area contributed by atoms with Crippen molar-refractivity contribution >= 4 is 37.6 Å². The Morgan fingerprint density at radius 2 is 1.85 bits per heavy atom. The molecular formula is C16H14Br2O2. The van der Waals surface area contributed by atoms with E-state index >= 15 is 0 Å². The molecule has 0 heterocycles. The molecule has 0 aliphatic heterocycles. The maximum Gasteiger partial charge on any atom is 0.168 e. The van der Waals surface area contributed by atoms with Crippen LogP contribution in [-0.2, 0) is 6.42 Å². The monoisotopic (exact) mass is 396 g/mol. The Balaban J connectivity index is 2.27. The Kier molecular flexibility index (Phi) is 5.00. The maximum absolute atomic E-state index is 12.4. The van der Waals surface area contributed by atoms with Crippen LogP contribution in [0, 0.1) is 6.92 Å². The number of methoxy groups -OCH3 is 1. The van der Waals surface area contributed by atoms with Gasteiger partial charge < -0.3 is 4.74 Å². The number of benzene rings is 2. The van der Waals surface area contributed by atoms with Crippen molar-refractivity contribution in [2.75, 3.05) is 7.11 Å². The molecule has 0 aromatic heterocycles. The van der Waals surface area contributed by atoms with Crippen molar-refractivity contribution in [2.24, 2.45) is 0 Å². The molecular weight excluding hydrogens is 384 g/mol. The Hall–Kier alpha value is -1.13. The van der Waals surface area contributed by atoms with Gasteiger partial charge in [0, 0.05) is 20.9 Å². The van der Waals surface area contributed by atoms with Crippen LogP contribution in [0.4, 0.5) is 0 Å². The van der Waals surface area contributed by atoms with E-state index in [2.05, 4.69) is 31.9 Å². The topological polar surface area (TPSA) is 26.3 Å². The Morgan fingerprint density at radius 3 is 2.50 bits per heavy atom. The number of hydrogen-bond donors (Lipinski definition) is 0. The van der Waals surface area contributed by atoms with Gasteiger partial charge in [-0.1, -0.05) is 37.9 Å². The predicted octanol–water partition coefficient (Wildman–Crippen LogP) is 4.95. The Bertz CT molecular complexity index is 651. The zero-order valence-electron chi connectivity index (χ0n) is 11.2. The first-order valence-electron chi connectivity index (χ1n) is 6.13. The quantitative estimate of drug-likeness (QED) is 0.682. The summed E-state index contributed by atoms with van der Waals surface area (Å²) in [5, 5.41) is 0. The highest BCUT2D eigenvalue weighted by Gasteiger charge is 2.13. The molecule has 104 valence electrons. The SMILES string of the molecule is COc1ccc(Br)c(CC(=O)c2ccc(C)cc2Br)c1. The molecule has 0 saturated carbocycles. The summed E-state index contributed by atoms with van der Waals surface area (Å²) >= 11 is 6.92. The van der Waals surface area contributed by atoms with Crippen LogP contribution < -0.4 is 4.74 Å². The highest BCUT2D eigenvalue weighted by atomic mass is 79.9. The molecule has 2 nitrogen and oxygen atoms in total. The van der Waals surface area contributed by atoms with Gasteiger partial charge in [0.2, 0.25) is 0 Å². The van der Waals surface area contributed by atoms with E-state index in [1.165, 1.54) is 0 Å². The molecule has 0 spiro atoms. The number of ether oxygens (including phenoxy) is 1. The smallest absolute Gasteiger partial charge is 0.168 e. The summed E-state index contributed by atoms with van der Waals surface area (Å²) in [5.74, 6) is 0.824. The van der Waals surface area contributed by atoms with Gasteiger partial charge in [-0.25, -0.2) is 0 Å². The van der Waals surface area contributed by atoms with Crippen molar-refractivity contribution in [2.45, 2.75) is 13.3 Å². The molecule has 2 aromatic carbocycles. The summed E-state index contributed by atoms with van der Waals surface area (Å²) < 4.78 is 6.94. The van der Waals surface area contributed by atoms with Crippen molar-refractivity contribution in [1.29, 1.82) is 0 Å². The zero-order valence-corrected chi connectivity index (χ0v) is 14.4. The average Bonchev–Trinajstić information content (AvgIpc) is 2.41. The second-order valence-electron chi connectivity index (χ2n) is 4.54. The molecule has 0 amide bonds. The maximum atomic E-state index is 12.4. The highest BCUT2D eigenvalue weighted by Crippen LogP contribution is 2.26. The summed E-state index contributed by atoms with van der Waals surface area (Å²) in [4.78, 5) is 12.4. The van der Waals surface area contributed by atoms with E-state index in [4.69, 9.17) is 4.74 Å². The van der Waals surface area contributed by atoms with E-state index in [9.17, 15) is 4.79 Å². The van der Waals surface area contributed by atoms with E-state index in [0.717, 1.165) is 25.8 Å². The van der Waals surface area contributed by atoms with Crippen molar-refractivity contribution in [3.05, 3.63) is 62.0 Å². The minimum Gasteiger partial charge on any atom is -0.497 e. The van der Waals surface area contributed by atoms with Crippen LogP contribution in [0.2, 0.25) is 0 Å². The van der Waals surface area contributed by atoms with Gasteiger partial charge in [-0.05, 0) is 48.4 Å². The molecule has 0 fully saturated rings. The standard InChI is InChI=1S/C16H14Br2O2/c1-10-3-5-13(15(18)7-10)16(19)9-11-8-12(20-2)4-6-14(11)17/h3-8H,9H2,1-2H3. The van der Waals surface area contributed by atoms with E-state index in [-0.39, 0.29) is 5.78 Å². The first kappa shape index (κ1) is 15.3. The fraction of sp³-hybridized carbons (Fsp3) is 0.188. The molecule has 0 N–H and O–H groups in total. The number of ketones is 1. The van der Waals surface area contributed by atoms with E-state index in [0.29, 0.717) is 12.0 Å². The van der Waals surface area contributed by atoms with Gasteiger partial charge in [0.25, 0.3) is 0 Å². The second kappa shape index (κ2) is 6.55. The lowest BCUT2D eigenvalue weighted by Gasteiger charge is -2.08.